The Morgan fingerprint density at radius 2 is 1.15 bits per heavy atom. The van der Waals surface area contributed by atoms with Gasteiger partial charge in [0.25, 0.3) is 0 Å². The van der Waals surface area contributed by atoms with Gasteiger partial charge in [0.1, 0.15) is 0 Å². The van der Waals surface area contributed by atoms with Crippen molar-refractivity contribution >= 4 is 7.82 Å². The van der Waals surface area contributed by atoms with Gasteiger partial charge in [0, 0.05) is 0 Å². The number of quaternary nitrogens is 2. The maximum Gasteiger partial charge on any atom is 0.564 e. The van der Waals surface area contributed by atoms with Gasteiger partial charge in [-0.05, 0) is 0 Å². The molecule has 0 rings (SSSR count). The normalized spacial score (nSPS) is 14.7. The van der Waals surface area contributed by atoms with E-state index >= 15 is 0 Å². The number of hydrogen-bond acceptors (Lipinski definition) is 3. The van der Waals surface area contributed by atoms with Crippen molar-refractivity contribution in [3.05, 3.63) is 0 Å². The van der Waals surface area contributed by atoms with Gasteiger partial charge in [0.05, 0.1) is 42.3 Å². The minimum Gasteiger partial charge on any atom is -0.296 e. The van der Waals surface area contributed by atoms with Crippen LogP contribution < -0.4 is 0 Å². The highest BCUT2D eigenvalue weighted by Gasteiger charge is 2.37. The minimum absolute atomic E-state index is 0.0895. The van der Waals surface area contributed by atoms with Crippen molar-refractivity contribution in [1.82, 2.24) is 0 Å². The molecule has 0 saturated carbocycles. The van der Waals surface area contributed by atoms with Crippen LogP contribution in [0.3, 0.4) is 0 Å². The average Bonchev–Trinajstić information content (AvgIpc) is 1.43. The monoisotopic (exact) mass is 214 g/mol. The zero-order valence-electron chi connectivity index (χ0n) is 9.01. The Kier molecular flexibility index (Phi) is 3.66. The summed E-state index contributed by atoms with van der Waals surface area (Å²) in [5.74, 6) is 0. The van der Waals surface area contributed by atoms with E-state index in [1.165, 1.54) is 0 Å². The summed E-state index contributed by atoms with van der Waals surface area (Å²) in [7, 11) is 5.77. The number of hydroxylamine groups is 6. The number of nitrogens with zero attached hydrogens (tertiary/aromatic N) is 2. The molecule has 0 heterocycles. The highest BCUT2D eigenvalue weighted by Crippen LogP contribution is 2.46. The molecule has 0 unspecified atom stereocenters. The molecule has 0 aromatic rings. The lowest BCUT2D eigenvalue weighted by Crippen LogP contribution is -2.38. The highest BCUT2D eigenvalue weighted by atomic mass is 31.2. The van der Waals surface area contributed by atoms with Crippen molar-refractivity contribution < 1.29 is 28.0 Å². The fraction of sp³-hybridized carbons (Fsp3) is 1.00. The Morgan fingerprint density at radius 3 is 1.31 bits per heavy atom. The summed E-state index contributed by atoms with van der Waals surface area (Å²) < 4.78 is 20.8. The van der Waals surface area contributed by atoms with E-state index in [-0.39, 0.29) is 9.29 Å². The van der Waals surface area contributed by atoms with Crippen LogP contribution in [0.4, 0.5) is 0 Å². The van der Waals surface area contributed by atoms with Gasteiger partial charge in [-0.2, -0.15) is 9.29 Å². The van der Waals surface area contributed by atoms with Crippen molar-refractivity contribution in [2.75, 3.05) is 42.3 Å². The summed E-state index contributed by atoms with van der Waals surface area (Å²) in [5, 5.41) is 0. The van der Waals surface area contributed by atoms with Crippen LogP contribution in [-0.4, -0.2) is 56.5 Å². The first kappa shape index (κ1) is 13.0. The minimum atomic E-state index is -3.99. The Hall–Kier alpha value is 0.0300. The molecule has 0 saturated heterocycles. The lowest BCUT2D eigenvalue weighted by atomic mass is 11.0. The summed E-state index contributed by atoms with van der Waals surface area (Å²) in [5.41, 5.74) is 0. The Balaban J connectivity index is 4.35. The van der Waals surface area contributed by atoms with Crippen LogP contribution in [0.2, 0.25) is 0 Å². The van der Waals surface area contributed by atoms with Crippen LogP contribution in [-0.2, 0) is 13.8 Å². The van der Waals surface area contributed by atoms with Crippen LogP contribution >= 0.6 is 7.82 Å². The van der Waals surface area contributed by atoms with Crippen molar-refractivity contribution in [1.29, 1.82) is 0 Å². The van der Waals surface area contributed by atoms with Crippen LogP contribution in [0.5, 0.6) is 0 Å². The standard InChI is InChI=1S/C6H18N2O4P/c1-7(2,3)11-13(9,10)12-8(4,5)6/h1-6H3/q+1/p+1. The van der Waals surface area contributed by atoms with Gasteiger partial charge < -0.3 is 0 Å². The van der Waals surface area contributed by atoms with Crippen LogP contribution in [0.25, 0.3) is 0 Å². The SMILES string of the molecule is C[N+](C)(C)OP(=O)(O)O[N+](C)(C)C. The molecular weight excluding hydrogens is 195 g/mol. The fourth-order valence-corrected chi connectivity index (χ4v) is 1.90. The van der Waals surface area contributed by atoms with Crippen molar-refractivity contribution in [2.24, 2.45) is 0 Å². The van der Waals surface area contributed by atoms with Gasteiger partial charge in [-0.15, -0.1) is 0 Å². The summed E-state index contributed by atoms with van der Waals surface area (Å²) >= 11 is 0. The quantitative estimate of drug-likeness (QED) is 0.417. The Morgan fingerprint density at radius 1 is 0.923 bits per heavy atom. The molecule has 1 N–H and O–H groups in total. The Labute approximate surface area is 79.0 Å². The summed E-state index contributed by atoms with van der Waals surface area (Å²) in [6, 6.07) is 0. The number of rotatable bonds is 4. The lowest BCUT2D eigenvalue weighted by molar-refractivity contribution is -1.06. The third-order valence-corrected chi connectivity index (χ3v) is 2.09. The molecule has 80 valence electrons. The molecule has 0 fully saturated rings. The Bertz CT molecular complexity index is 198. The molecule has 0 bridgehead atoms. The van der Waals surface area contributed by atoms with Gasteiger partial charge in [-0.1, -0.05) is 9.25 Å². The third kappa shape index (κ3) is 8.36. The predicted octanol–water partition coefficient (Wildman–Crippen LogP) is 0.362. The molecule has 0 aliphatic heterocycles. The molecule has 0 amide bonds. The topological polar surface area (TPSA) is 55.8 Å². The second-order valence-electron chi connectivity index (χ2n) is 4.41. The zero-order valence-corrected chi connectivity index (χ0v) is 9.91. The second kappa shape index (κ2) is 3.65. The fourth-order valence-electron chi connectivity index (χ4n) is 0.634. The van der Waals surface area contributed by atoms with E-state index in [0.29, 0.717) is 0 Å². The van der Waals surface area contributed by atoms with Crippen LogP contribution in [0.15, 0.2) is 0 Å². The van der Waals surface area contributed by atoms with E-state index < -0.39 is 7.82 Å². The van der Waals surface area contributed by atoms with Crippen LogP contribution in [0.1, 0.15) is 0 Å². The molecular formula is C6H19N2O4P+2. The van der Waals surface area contributed by atoms with Crippen LogP contribution in [0, 0.1) is 0 Å². The third-order valence-electron chi connectivity index (χ3n) is 0.696. The molecule has 7 heteroatoms. The van der Waals surface area contributed by atoms with E-state index in [1.54, 1.807) is 42.3 Å². The zero-order chi connectivity index (χ0) is 10.9. The molecule has 13 heavy (non-hydrogen) atoms. The van der Waals surface area contributed by atoms with Gasteiger partial charge >= 0.3 is 7.82 Å². The molecule has 0 aromatic carbocycles. The molecule has 0 radical (unpaired) electrons. The van der Waals surface area contributed by atoms with E-state index in [2.05, 4.69) is 0 Å². The van der Waals surface area contributed by atoms with E-state index in [4.69, 9.17) is 9.25 Å². The lowest BCUT2D eigenvalue weighted by Gasteiger charge is -2.26. The van der Waals surface area contributed by atoms with Gasteiger partial charge in [0.15, 0.2) is 0 Å². The maximum atomic E-state index is 11.3. The van der Waals surface area contributed by atoms with E-state index in [1.807, 2.05) is 0 Å². The molecule has 0 aromatic heterocycles. The highest BCUT2D eigenvalue weighted by molar-refractivity contribution is 7.47. The molecule has 6 nitrogen and oxygen atoms in total. The molecule has 0 aliphatic rings. The largest absolute Gasteiger partial charge is 0.564 e. The molecule has 0 atom stereocenters. The first-order valence-corrected chi connectivity index (χ1v) is 5.29. The maximum absolute atomic E-state index is 11.3. The number of phosphoric acid groups is 1. The smallest absolute Gasteiger partial charge is 0.296 e. The summed E-state index contributed by atoms with van der Waals surface area (Å²) in [4.78, 5) is 9.27. The summed E-state index contributed by atoms with van der Waals surface area (Å²) in [6.07, 6.45) is 0. The van der Waals surface area contributed by atoms with Gasteiger partial charge in [0.2, 0.25) is 0 Å². The average molecular weight is 214 g/mol. The molecule has 0 aliphatic carbocycles. The number of hydrogen-bond donors (Lipinski definition) is 1. The molecule has 0 spiro atoms. The van der Waals surface area contributed by atoms with Crippen molar-refractivity contribution in [3.8, 4) is 0 Å². The summed E-state index contributed by atoms with van der Waals surface area (Å²) in [6.45, 7) is 0. The predicted molar refractivity (Wildman–Crippen MR) is 48.1 cm³/mol. The van der Waals surface area contributed by atoms with Gasteiger partial charge in [-0.3, -0.25) is 4.89 Å². The first-order valence-electron chi connectivity index (χ1n) is 3.80. The second-order valence-corrected chi connectivity index (χ2v) is 5.67. The van der Waals surface area contributed by atoms with Crippen molar-refractivity contribution in [3.63, 3.8) is 0 Å². The van der Waals surface area contributed by atoms with E-state index in [9.17, 15) is 9.46 Å². The van der Waals surface area contributed by atoms with Crippen molar-refractivity contribution in [2.45, 2.75) is 0 Å². The van der Waals surface area contributed by atoms with Gasteiger partial charge in [-0.25, -0.2) is 4.57 Å². The first-order chi connectivity index (χ1) is 5.41. The van der Waals surface area contributed by atoms with E-state index in [0.717, 1.165) is 0 Å².